The van der Waals surface area contributed by atoms with Gasteiger partial charge in [0, 0.05) is 19.5 Å². The van der Waals surface area contributed by atoms with Gasteiger partial charge in [0.1, 0.15) is 11.6 Å². The van der Waals surface area contributed by atoms with Gasteiger partial charge in [0.05, 0.1) is 29.5 Å². The average Bonchev–Trinajstić information content (AvgIpc) is 2.93. The Kier molecular flexibility index (Phi) is 5.74. The number of nitrogens with one attached hydrogen (secondary N) is 1. The van der Waals surface area contributed by atoms with Crippen molar-refractivity contribution in [2.45, 2.75) is 18.5 Å². The number of amides is 1. The smallest absolute Gasteiger partial charge is 0.273 e. The molecule has 128 valence electrons. The number of carbonyl (C=O) groups is 1. The summed E-state index contributed by atoms with van der Waals surface area (Å²) < 4.78 is 6.92. The fraction of sp³-hybridized carbons (Fsp3) is 0.357. The molecule has 0 aliphatic carbocycles. The summed E-state index contributed by atoms with van der Waals surface area (Å²) in [6, 6.07) is 4.01. The van der Waals surface area contributed by atoms with E-state index in [2.05, 4.69) is 15.5 Å². The largest absolute Gasteiger partial charge is 0.494 e. The molecule has 1 amide bonds. The van der Waals surface area contributed by atoms with Crippen molar-refractivity contribution in [2.75, 3.05) is 18.2 Å². The Bertz CT molecular complexity index is 762. The van der Waals surface area contributed by atoms with Crippen LogP contribution in [-0.2, 0) is 18.3 Å². The third-order valence-electron chi connectivity index (χ3n) is 3.24. The van der Waals surface area contributed by atoms with Crippen LogP contribution < -0.4 is 10.1 Å². The molecule has 24 heavy (non-hydrogen) atoms. The van der Waals surface area contributed by atoms with Gasteiger partial charge in [-0.05, 0) is 6.07 Å². The number of carbonyl (C=O) groups excluding carboxylic acids is 1. The summed E-state index contributed by atoms with van der Waals surface area (Å²) in [5, 5.41) is 22.1. The molecule has 2 rings (SSSR count). The van der Waals surface area contributed by atoms with Crippen molar-refractivity contribution >= 4 is 29.0 Å². The second-order valence-electron chi connectivity index (χ2n) is 4.79. The van der Waals surface area contributed by atoms with E-state index in [1.165, 1.54) is 37.1 Å². The molecule has 1 N–H and O–H groups in total. The highest BCUT2D eigenvalue weighted by Gasteiger charge is 2.15. The summed E-state index contributed by atoms with van der Waals surface area (Å²) in [6.45, 7) is 1.98. The summed E-state index contributed by atoms with van der Waals surface area (Å²) in [6.07, 6.45) is 0.760. The first-order valence-electron chi connectivity index (χ1n) is 7.09. The number of ether oxygens (including phenoxy) is 1. The summed E-state index contributed by atoms with van der Waals surface area (Å²) in [5.74, 6) is 0.938. The van der Waals surface area contributed by atoms with Crippen LogP contribution >= 0.6 is 11.8 Å². The normalized spacial score (nSPS) is 10.5. The highest BCUT2D eigenvalue weighted by molar-refractivity contribution is 7.99. The van der Waals surface area contributed by atoms with Gasteiger partial charge in [-0.2, -0.15) is 0 Å². The van der Waals surface area contributed by atoms with Crippen molar-refractivity contribution in [3.8, 4) is 5.75 Å². The average molecular weight is 351 g/mol. The van der Waals surface area contributed by atoms with E-state index in [0.717, 1.165) is 12.2 Å². The molecule has 0 aliphatic heterocycles. The van der Waals surface area contributed by atoms with Gasteiger partial charge >= 0.3 is 0 Å². The second-order valence-corrected chi connectivity index (χ2v) is 5.73. The van der Waals surface area contributed by atoms with Gasteiger partial charge in [0.25, 0.3) is 5.69 Å². The molecule has 0 bridgehead atoms. The number of nitro groups is 1. The number of non-ortho nitro benzene ring substituents is 1. The number of thioether (sulfide) groups is 1. The Labute approximate surface area is 142 Å². The zero-order valence-corrected chi connectivity index (χ0v) is 14.3. The summed E-state index contributed by atoms with van der Waals surface area (Å²) in [7, 11) is 3.23. The molecule has 0 saturated heterocycles. The fourth-order valence-corrected chi connectivity index (χ4v) is 2.72. The lowest BCUT2D eigenvalue weighted by Crippen LogP contribution is -2.15. The van der Waals surface area contributed by atoms with E-state index in [1.54, 1.807) is 0 Å². The first kappa shape index (κ1) is 17.7. The van der Waals surface area contributed by atoms with E-state index in [9.17, 15) is 14.9 Å². The zero-order chi connectivity index (χ0) is 17.7. The Balaban J connectivity index is 2.01. The van der Waals surface area contributed by atoms with Gasteiger partial charge in [-0.3, -0.25) is 14.9 Å². The minimum atomic E-state index is -0.524. The molecule has 0 saturated carbocycles. The van der Waals surface area contributed by atoms with Crippen molar-refractivity contribution < 1.29 is 14.5 Å². The molecule has 0 aliphatic rings. The van der Waals surface area contributed by atoms with Gasteiger partial charge in [0.15, 0.2) is 5.16 Å². The Morgan fingerprint density at radius 1 is 1.46 bits per heavy atom. The van der Waals surface area contributed by atoms with Crippen molar-refractivity contribution in [1.82, 2.24) is 14.8 Å². The molecule has 0 fully saturated rings. The van der Waals surface area contributed by atoms with Crippen LogP contribution in [0.25, 0.3) is 0 Å². The lowest BCUT2D eigenvalue weighted by Gasteiger charge is -2.09. The van der Waals surface area contributed by atoms with E-state index >= 15 is 0 Å². The minimum absolute atomic E-state index is 0.106. The first-order chi connectivity index (χ1) is 11.5. The predicted octanol–water partition coefficient (Wildman–Crippen LogP) is 2.03. The zero-order valence-electron chi connectivity index (χ0n) is 13.5. The standard InChI is InChI=1S/C14H17N5O4S/c1-4-12-16-17-14(18(12)2)24-8-13(20)15-10-6-5-9(19(21)22)7-11(10)23-3/h5-7H,4,8H2,1-3H3,(H,15,20). The number of aryl methyl sites for hydroxylation is 1. The molecule has 1 aromatic carbocycles. The molecular weight excluding hydrogens is 334 g/mol. The summed E-state index contributed by atoms with van der Waals surface area (Å²) >= 11 is 1.26. The number of benzene rings is 1. The molecular formula is C14H17N5O4S. The Hall–Kier alpha value is -2.62. The third kappa shape index (κ3) is 4.02. The van der Waals surface area contributed by atoms with Gasteiger partial charge in [-0.1, -0.05) is 18.7 Å². The topological polar surface area (TPSA) is 112 Å². The molecule has 0 radical (unpaired) electrons. The number of rotatable bonds is 7. The van der Waals surface area contributed by atoms with Gasteiger partial charge in [-0.25, -0.2) is 0 Å². The number of anilines is 1. The van der Waals surface area contributed by atoms with Gasteiger partial charge < -0.3 is 14.6 Å². The van der Waals surface area contributed by atoms with Crippen LogP contribution in [0.5, 0.6) is 5.75 Å². The van der Waals surface area contributed by atoms with Gasteiger partial charge in [0.2, 0.25) is 5.91 Å². The van der Waals surface area contributed by atoms with Crippen molar-refractivity contribution in [3.05, 3.63) is 34.1 Å². The number of methoxy groups -OCH3 is 1. The maximum atomic E-state index is 12.1. The predicted molar refractivity (Wildman–Crippen MR) is 89.4 cm³/mol. The number of nitro benzene ring substituents is 1. The first-order valence-corrected chi connectivity index (χ1v) is 8.08. The lowest BCUT2D eigenvalue weighted by molar-refractivity contribution is -0.384. The highest BCUT2D eigenvalue weighted by Crippen LogP contribution is 2.29. The highest BCUT2D eigenvalue weighted by atomic mass is 32.2. The van der Waals surface area contributed by atoms with Gasteiger partial charge in [-0.15, -0.1) is 10.2 Å². The van der Waals surface area contributed by atoms with Crippen molar-refractivity contribution in [3.63, 3.8) is 0 Å². The minimum Gasteiger partial charge on any atom is -0.494 e. The van der Waals surface area contributed by atoms with Crippen LogP contribution in [0.1, 0.15) is 12.7 Å². The molecule has 2 aromatic rings. The van der Waals surface area contributed by atoms with Crippen molar-refractivity contribution in [1.29, 1.82) is 0 Å². The van der Waals surface area contributed by atoms with Crippen LogP contribution in [0.15, 0.2) is 23.4 Å². The van der Waals surface area contributed by atoms with Crippen LogP contribution in [0, 0.1) is 10.1 Å². The maximum Gasteiger partial charge on any atom is 0.273 e. The Morgan fingerprint density at radius 3 is 2.79 bits per heavy atom. The summed E-state index contributed by atoms with van der Waals surface area (Å²) in [4.78, 5) is 22.3. The van der Waals surface area contributed by atoms with E-state index in [-0.39, 0.29) is 23.1 Å². The maximum absolute atomic E-state index is 12.1. The van der Waals surface area contributed by atoms with E-state index in [4.69, 9.17) is 4.74 Å². The Morgan fingerprint density at radius 2 is 2.21 bits per heavy atom. The molecule has 0 unspecified atom stereocenters. The molecule has 1 heterocycles. The SMILES string of the molecule is CCc1nnc(SCC(=O)Nc2ccc([N+](=O)[O-])cc2OC)n1C. The summed E-state index contributed by atoms with van der Waals surface area (Å²) in [5.41, 5.74) is 0.270. The van der Waals surface area contributed by atoms with E-state index in [1.807, 2.05) is 18.5 Å². The third-order valence-corrected chi connectivity index (χ3v) is 4.26. The molecule has 0 spiro atoms. The van der Waals surface area contributed by atoms with Crippen LogP contribution in [0.4, 0.5) is 11.4 Å². The number of nitrogens with zero attached hydrogens (tertiary/aromatic N) is 4. The quantitative estimate of drug-likeness (QED) is 0.461. The number of hydrogen-bond acceptors (Lipinski definition) is 7. The van der Waals surface area contributed by atoms with Crippen molar-refractivity contribution in [2.24, 2.45) is 7.05 Å². The molecule has 9 nitrogen and oxygen atoms in total. The second kappa shape index (κ2) is 7.77. The lowest BCUT2D eigenvalue weighted by atomic mass is 10.2. The number of aromatic nitrogens is 3. The monoisotopic (exact) mass is 351 g/mol. The van der Waals surface area contributed by atoms with E-state index < -0.39 is 4.92 Å². The van der Waals surface area contributed by atoms with E-state index in [0.29, 0.717) is 10.8 Å². The molecule has 10 heteroatoms. The van der Waals surface area contributed by atoms with Crippen LogP contribution in [0.2, 0.25) is 0 Å². The number of hydrogen-bond donors (Lipinski definition) is 1. The molecule has 1 aromatic heterocycles. The fourth-order valence-electron chi connectivity index (χ4n) is 1.99. The van der Waals surface area contributed by atoms with Crippen LogP contribution in [-0.4, -0.2) is 38.5 Å². The molecule has 0 atom stereocenters. The van der Waals surface area contributed by atoms with Crippen LogP contribution in [0.3, 0.4) is 0 Å².